The van der Waals surface area contributed by atoms with Gasteiger partial charge in [0.2, 0.25) is 5.91 Å². The molecule has 1 N–H and O–H groups in total. The Morgan fingerprint density at radius 3 is 2.96 bits per heavy atom. The minimum atomic E-state index is 0.0602. The molecule has 0 aromatic heterocycles. The minimum absolute atomic E-state index is 0.0602. The van der Waals surface area contributed by atoms with Gasteiger partial charge in [0.1, 0.15) is 0 Å². The van der Waals surface area contributed by atoms with Gasteiger partial charge in [-0.25, -0.2) is 0 Å². The Bertz CT molecular complexity index is 684. The van der Waals surface area contributed by atoms with Gasteiger partial charge in [-0.2, -0.15) is 0 Å². The van der Waals surface area contributed by atoms with Crippen LogP contribution in [0.2, 0.25) is 0 Å². The summed E-state index contributed by atoms with van der Waals surface area (Å²) in [7, 11) is 0. The van der Waals surface area contributed by atoms with E-state index in [-0.39, 0.29) is 18.0 Å². The van der Waals surface area contributed by atoms with Gasteiger partial charge in [-0.15, -0.1) is 0 Å². The number of nitrogens with zero attached hydrogens (tertiary/aromatic N) is 1. The molecule has 26 heavy (non-hydrogen) atoms. The summed E-state index contributed by atoms with van der Waals surface area (Å²) < 4.78 is 0. The molecule has 1 aliphatic heterocycles. The van der Waals surface area contributed by atoms with E-state index in [1.165, 1.54) is 16.7 Å². The zero-order valence-electron chi connectivity index (χ0n) is 16.2. The highest BCUT2D eigenvalue weighted by molar-refractivity contribution is 5.83. The average molecular weight is 353 g/mol. The maximum Gasteiger partial charge on any atom is 0.237 e. The van der Waals surface area contributed by atoms with Crippen molar-refractivity contribution in [3.05, 3.63) is 47.1 Å². The zero-order valence-corrected chi connectivity index (χ0v) is 16.2. The van der Waals surface area contributed by atoms with Crippen LogP contribution < -0.4 is 5.32 Å². The Hall–Kier alpha value is -1.61. The molecular weight excluding hydrogens is 320 g/mol. The second-order valence-electron chi connectivity index (χ2n) is 8.62. The van der Waals surface area contributed by atoms with Crippen molar-refractivity contribution in [2.24, 2.45) is 11.8 Å². The first kappa shape index (κ1) is 17.8. The van der Waals surface area contributed by atoms with Gasteiger partial charge >= 0.3 is 0 Å². The van der Waals surface area contributed by atoms with Crippen molar-refractivity contribution in [2.75, 3.05) is 13.1 Å². The molecule has 2 unspecified atom stereocenters. The van der Waals surface area contributed by atoms with Crippen LogP contribution in [0.4, 0.5) is 0 Å². The first-order valence-electron chi connectivity index (χ1n) is 10.4. The molecule has 1 saturated carbocycles. The van der Waals surface area contributed by atoms with Crippen molar-refractivity contribution < 1.29 is 4.79 Å². The predicted molar refractivity (Wildman–Crippen MR) is 107 cm³/mol. The second kappa shape index (κ2) is 7.56. The molecule has 3 heteroatoms. The summed E-state index contributed by atoms with van der Waals surface area (Å²) in [6, 6.07) is 0.296. The van der Waals surface area contributed by atoms with Gasteiger partial charge in [0.25, 0.3) is 0 Å². The van der Waals surface area contributed by atoms with E-state index in [1.807, 2.05) is 0 Å². The molecule has 3 aliphatic carbocycles. The molecular formula is C23H32N2O. The Labute approximate surface area is 157 Å². The first-order valence-corrected chi connectivity index (χ1v) is 10.4. The molecule has 3 nitrogen and oxygen atoms in total. The van der Waals surface area contributed by atoms with Crippen molar-refractivity contribution >= 4 is 5.91 Å². The standard InChI is InChI=1S/C23H32N2O/c1-16-5-8-18(9-6-16)15-25-13-3-4-22(25)23(26)24-21-12-11-19-10-7-17(2)14-20(19)21/h5-6,8,10,14,17-18,21-22H,3-4,7,9,11-13,15H2,1-2H3,(H,24,26)/t17?,18?,21-,22-/m1/s1. The number of carbonyl (C=O) groups is 1. The van der Waals surface area contributed by atoms with Crippen molar-refractivity contribution in [2.45, 2.75) is 64.5 Å². The Morgan fingerprint density at radius 2 is 2.15 bits per heavy atom. The van der Waals surface area contributed by atoms with Crippen molar-refractivity contribution in [1.29, 1.82) is 0 Å². The summed E-state index contributed by atoms with van der Waals surface area (Å²) in [6.45, 7) is 6.49. The number of likely N-dealkylation sites (tertiary alicyclic amines) is 1. The van der Waals surface area contributed by atoms with Crippen molar-refractivity contribution in [1.82, 2.24) is 10.2 Å². The van der Waals surface area contributed by atoms with Gasteiger partial charge in [0.05, 0.1) is 12.1 Å². The number of fused-ring (bicyclic) bond motifs is 1. The monoisotopic (exact) mass is 352 g/mol. The first-order chi connectivity index (χ1) is 12.6. The van der Waals surface area contributed by atoms with Crippen molar-refractivity contribution in [3.8, 4) is 0 Å². The summed E-state index contributed by atoms with van der Waals surface area (Å²) in [5.41, 5.74) is 4.24. The molecule has 0 bridgehead atoms. The third kappa shape index (κ3) is 3.73. The molecule has 1 heterocycles. The smallest absolute Gasteiger partial charge is 0.237 e. The summed E-state index contributed by atoms with van der Waals surface area (Å²) in [6.07, 6.45) is 18.2. The normalized spacial score (nSPS) is 34.2. The van der Waals surface area contributed by atoms with E-state index in [9.17, 15) is 4.79 Å². The van der Waals surface area contributed by atoms with Crippen LogP contribution in [0.15, 0.2) is 47.1 Å². The minimum Gasteiger partial charge on any atom is -0.348 e. The highest BCUT2D eigenvalue weighted by Crippen LogP contribution is 2.36. The topological polar surface area (TPSA) is 32.3 Å². The molecule has 4 rings (SSSR count). The summed E-state index contributed by atoms with van der Waals surface area (Å²) in [5, 5.41) is 3.40. The Morgan fingerprint density at radius 1 is 1.27 bits per heavy atom. The number of rotatable bonds is 4. The molecule has 0 spiro atoms. The highest BCUT2D eigenvalue weighted by atomic mass is 16.2. The van der Waals surface area contributed by atoms with Gasteiger partial charge in [-0.05, 0) is 75.0 Å². The van der Waals surface area contributed by atoms with Gasteiger partial charge in [0, 0.05) is 6.54 Å². The molecule has 4 aliphatic rings. The van der Waals surface area contributed by atoms with Crippen LogP contribution in [0, 0.1) is 11.8 Å². The maximum atomic E-state index is 13.0. The van der Waals surface area contributed by atoms with E-state index < -0.39 is 0 Å². The van der Waals surface area contributed by atoms with E-state index in [2.05, 4.69) is 54.4 Å². The third-order valence-corrected chi connectivity index (χ3v) is 6.47. The molecule has 4 atom stereocenters. The number of allylic oxidation sites excluding steroid dienone is 5. The fourth-order valence-electron chi connectivity index (χ4n) is 4.94. The van der Waals surface area contributed by atoms with Gasteiger partial charge in [-0.3, -0.25) is 9.69 Å². The van der Waals surface area contributed by atoms with Crippen LogP contribution in [-0.4, -0.2) is 36.0 Å². The van der Waals surface area contributed by atoms with E-state index in [0.717, 1.165) is 51.6 Å². The van der Waals surface area contributed by atoms with Crippen LogP contribution in [0.25, 0.3) is 0 Å². The van der Waals surface area contributed by atoms with E-state index in [0.29, 0.717) is 11.8 Å². The Kier molecular flexibility index (Phi) is 5.17. The molecule has 1 saturated heterocycles. The predicted octanol–water partition coefficient (Wildman–Crippen LogP) is 4.14. The third-order valence-electron chi connectivity index (χ3n) is 6.47. The van der Waals surface area contributed by atoms with Crippen LogP contribution in [0.3, 0.4) is 0 Å². The van der Waals surface area contributed by atoms with Crippen LogP contribution in [0.1, 0.15) is 52.4 Å². The SMILES string of the molecule is CC1=CCC(CN2CCC[C@@H]2C(=O)N[C@@H]2CCC3=CCC(C)C=C32)C=C1. The van der Waals surface area contributed by atoms with Crippen LogP contribution in [-0.2, 0) is 4.79 Å². The quantitative estimate of drug-likeness (QED) is 0.824. The van der Waals surface area contributed by atoms with Gasteiger partial charge < -0.3 is 5.32 Å². The summed E-state index contributed by atoms with van der Waals surface area (Å²) in [5.74, 6) is 1.40. The average Bonchev–Trinajstić information content (AvgIpc) is 3.24. The highest BCUT2D eigenvalue weighted by Gasteiger charge is 2.35. The molecule has 0 aromatic rings. The van der Waals surface area contributed by atoms with Gasteiger partial charge in [-0.1, -0.05) is 42.9 Å². The molecule has 0 radical (unpaired) electrons. The summed E-state index contributed by atoms with van der Waals surface area (Å²) in [4.78, 5) is 15.5. The lowest BCUT2D eigenvalue weighted by molar-refractivity contribution is -0.126. The second-order valence-corrected chi connectivity index (χ2v) is 8.62. The Balaban J connectivity index is 1.37. The number of hydrogen-bond donors (Lipinski definition) is 1. The number of hydrogen-bond acceptors (Lipinski definition) is 2. The maximum absolute atomic E-state index is 13.0. The summed E-state index contributed by atoms with van der Waals surface area (Å²) >= 11 is 0. The van der Waals surface area contributed by atoms with Gasteiger partial charge in [0.15, 0.2) is 0 Å². The lowest BCUT2D eigenvalue weighted by Gasteiger charge is -2.29. The molecule has 140 valence electrons. The van der Waals surface area contributed by atoms with E-state index in [4.69, 9.17) is 0 Å². The zero-order chi connectivity index (χ0) is 18.1. The van der Waals surface area contributed by atoms with E-state index >= 15 is 0 Å². The molecule has 0 aromatic carbocycles. The molecule has 1 amide bonds. The molecule has 2 fully saturated rings. The van der Waals surface area contributed by atoms with Crippen LogP contribution in [0.5, 0.6) is 0 Å². The lowest BCUT2D eigenvalue weighted by atomic mass is 9.92. The fourth-order valence-corrected chi connectivity index (χ4v) is 4.94. The van der Waals surface area contributed by atoms with Crippen LogP contribution >= 0.6 is 0 Å². The number of amides is 1. The van der Waals surface area contributed by atoms with Crippen molar-refractivity contribution in [3.63, 3.8) is 0 Å². The largest absolute Gasteiger partial charge is 0.348 e. The number of nitrogens with one attached hydrogen (secondary N) is 1. The number of carbonyl (C=O) groups excluding carboxylic acids is 1. The van der Waals surface area contributed by atoms with E-state index in [1.54, 1.807) is 0 Å². The lowest BCUT2D eigenvalue weighted by Crippen LogP contribution is -2.47. The fraction of sp³-hybridized carbons (Fsp3) is 0.609.